The highest BCUT2D eigenvalue weighted by atomic mass is 16.5. The van der Waals surface area contributed by atoms with Gasteiger partial charge in [0.2, 0.25) is 0 Å². The van der Waals surface area contributed by atoms with Crippen LogP contribution >= 0.6 is 0 Å². The number of rotatable bonds is 2. The van der Waals surface area contributed by atoms with Crippen LogP contribution in [0.5, 0.6) is 5.75 Å². The van der Waals surface area contributed by atoms with Gasteiger partial charge in [-0.3, -0.25) is 0 Å². The van der Waals surface area contributed by atoms with Gasteiger partial charge in [0, 0.05) is 12.0 Å². The number of nitrogens with two attached hydrogens (primary N) is 1. The molecule has 1 heterocycles. The summed E-state index contributed by atoms with van der Waals surface area (Å²) in [4.78, 5) is 0. The van der Waals surface area contributed by atoms with E-state index in [1.54, 1.807) is 0 Å². The minimum absolute atomic E-state index is 0.173. The summed E-state index contributed by atoms with van der Waals surface area (Å²) in [6.07, 6.45) is 9.78. The van der Waals surface area contributed by atoms with Gasteiger partial charge in [-0.2, -0.15) is 0 Å². The van der Waals surface area contributed by atoms with Gasteiger partial charge in [-0.05, 0) is 43.7 Å². The summed E-state index contributed by atoms with van der Waals surface area (Å²) in [5.41, 5.74) is 9.27. The molecule has 2 heteroatoms. The summed E-state index contributed by atoms with van der Waals surface area (Å²) in [5, 5.41) is 0. The third kappa shape index (κ3) is 2.84. The largest absolute Gasteiger partial charge is 0.493 e. The average molecular weight is 257 g/mol. The summed E-state index contributed by atoms with van der Waals surface area (Å²) < 4.78 is 5.87. The highest BCUT2D eigenvalue weighted by molar-refractivity contribution is 5.35. The lowest BCUT2D eigenvalue weighted by atomic mass is 9.85. The molecule has 0 spiro atoms. The van der Waals surface area contributed by atoms with Crippen LogP contribution in [0.1, 0.15) is 37.7 Å². The van der Waals surface area contributed by atoms with Crippen molar-refractivity contribution in [1.82, 2.24) is 0 Å². The molecule has 3 rings (SSSR count). The number of ether oxygens (including phenoxy) is 1. The smallest absolute Gasteiger partial charge is 0.122 e. The zero-order valence-corrected chi connectivity index (χ0v) is 11.5. The fourth-order valence-electron chi connectivity index (χ4n) is 3.23. The van der Waals surface area contributed by atoms with E-state index in [-0.39, 0.29) is 6.04 Å². The fraction of sp³-hybridized carbons (Fsp3) is 0.529. The van der Waals surface area contributed by atoms with Gasteiger partial charge in [-0.15, -0.1) is 0 Å². The third-order valence-electron chi connectivity index (χ3n) is 4.42. The third-order valence-corrected chi connectivity index (χ3v) is 4.42. The Balaban J connectivity index is 1.71. The standard InChI is InChI=1S/C17H23NO/c18-17(13-7-3-1-2-4-8-13)15-11-14-9-5-6-10-16(14)19-12-15/h5-7,9-10,15,17H,1-4,8,11-12,18H2. The second kappa shape index (κ2) is 5.79. The lowest BCUT2D eigenvalue weighted by molar-refractivity contribution is 0.207. The van der Waals surface area contributed by atoms with Crippen molar-refractivity contribution in [3.63, 3.8) is 0 Å². The molecule has 0 saturated heterocycles. The minimum Gasteiger partial charge on any atom is -0.493 e. The predicted molar refractivity (Wildman–Crippen MR) is 78.3 cm³/mol. The van der Waals surface area contributed by atoms with Crippen molar-refractivity contribution >= 4 is 0 Å². The van der Waals surface area contributed by atoms with Crippen LogP contribution in [-0.4, -0.2) is 12.6 Å². The molecule has 1 aliphatic carbocycles. The van der Waals surface area contributed by atoms with Crippen molar-refractivity contribution in [1.29, 1.82) is 0 Å². The van der Waals surface area contributed by atoms with E-state index in [0.717, 1.165) is 18.8 Å². The molecule has 0 fully saturated rings. The molecule has 2 N–H and O–H groups in total. The second-order valence-electron chi connectivity index (χ2n) is 5.79. The van der Waals surface area contributed by atoms with Gasteiger partial charge >= 0.3 is 0 Å². The molecule has 1 aromatic carbocycles. The molecule has 102 valence electrons. The van der Waals surface area contributed by atoms with Crippen LogP contribution < -0.4 is 10.5 Å². The van der Waals surface area contributed by atoms with Gasteiger partial charge < -0.3 is 10.5 Å². The van der Waals surface area contributed by atoms with Gasteiger partial charge in [-0.1, -0.05) is 36.3 Å². The second-order valence-corrected chi connectivity index (χ2v) is 5.79. The van der Waals surface area contributed by atoms with E-state index in [1.165, 1.54) is 43.2 Å². The van der Waals surface area contributed by atoms with Crippen LogP contribution in [-0.2, 0) is 6.42 Å². The van der Waals surface area contributed by atoms with Crippen molar-refractivity contribution in [3.05, 3.63) is 41.5 Å². The van der Waals surface area contributed by atoms with E-state index in [2.05, 4.69) is 24.3 Å². The van der Waals surface area contributed by atoms with Crippen LogP contribution in [0.3, 0.4) is 0 Å². The predicted octanol–water partition coefficient (Wildman–Crippen LogP) is 3.46. The van der Waals surface area contributed by atoms with Gasteiger partial charge in [0.15, 0.2) is 0 Å². The Labute approximate surface area is 115 Å². The van der Waals surface area contributed by atoms with Gasteiger partial charge in [0.05, 0.1) is 6.61 Å². The van der Waals surface area contributed by atoms with Crippen LogP contribution in [0, 0.1) is 5.92 Å². The van der Waals surface area contributed by atoms with E-state index in [0.29, 0.717) is 5.92 Å². The number of hydrogen-bond donors (Lipinski definition) is 1. The van der Waals surface area contributed by atoms with E-state index in [1.807, 2.05) is 6.07 Å². The van der Waals surface area contributed by atoms with Crippen LogP contribution in [0.2, 0.25) is 0 Å². The molecule has 2 aliphatic rings. The average Bonchev–Trinajstić information content (AvgIpc) is 2.75. The summed E-state index contributed by atoms with van der Waals surface area (Å²) in [7, 11) is 0. The number of benzene rings is 1. The number of hydrogen-bond acceptors (Lipinski definition) is 2. The van der Waals surface area contributed by atoms with Gasteiger partial charge in [0.25, 0.3) is 0 Å². The highest BCUT2D eigenvalue weighted by Crippen LogP contribution is 2.31. The maximum atomic E-state index is 6.50. The molecule has 0 radical (unpaired) electrons. The van der Waals surface area contributed by atoms with Crippen LogP contribution in [0.4, 0.5) is 0 Å². The Morgan fingerprint density at radius 3 is 3.00 bits per heavy atom. The fourth-order valence-corrected chi connectivity index (χ4v) is 3.23. The Hall–Kier alpha value is -1.28. The first-order chi connectivity index (χ1) is 9.34. The molecule has 0 bridgehead atoms. The maximum absolute atomic E-state index is 6.50. The number of fused-ring (bicyclic) bond motifs is 1. The zero-order chi connectivity index (χ0) is 13.1. The van der Waals surface area contributed by atoms with Gasteiger partial charge in [0.1, 0.15) is 5.75 Å². The molecule has 1 aromatic rings. The molecule has 19 heavy (non-hydrogen) atoms. The Bertz CT molecular complexity index is 466. The van der Waals surface area contributed by atoms with Crippen molar-refractivity contribution in [2.75, 3.05) is 6.61 Å². The number of para-hydroxylation sites is 1. The van der Waals surface area contributed by atoms with Gasteiger partial charge in [-0.25, -0.2) is 0 Å². The molecule has 0 amide bonds. The molecule has 0 saturated carbocycles. The Morgan fingerprint density at radius 1 is 1.16 bits per heavy atom. The van der Waals surface area contributed by atoms with Crippen molar-refractivity contribution in [2.45, 2.75) is 44.6 Å². The lowest BCUT2D eigenvalue weighted by Crippen LogP contribution is -2.39. The van der Waals surface area contributed by atoms with Crippen molar-refractivity contribution < 1.29 is 4.74 Å². The molecule has 2 unspecified atom stereocenters. The molecule has 2 atom stereocenters. The first-order valence-corrected chi connectivity index (χ1v) is 7.50. The van der Waals surface area contributed by atoms with Crippen molar-refractivity contribution in [2.24, 2.45) is 11.7 Å². The maximum Gasteiger partial charge on any atom is 0.122 e. The van der Waals surface area contributed by atoms with Crippen molar-refractivity contribution in [3.8, 4) is 5.75 Å². The molecular weight excluding hydrogens is 234 g/mol. The Kier molecular flexibility index (Phi) is 3.88. The van der Waals surface area contributed by atoms with E-state index in [9.17, 15) is 0 Å². The van der Waals surface area contributed by atoms with Crippen LogP contribution in [0.15, 0.2) is 35.9 Å². The van der Waals surface area contributed by atoms with E-state index in [4.69, 9.17) is 10.5 Å². The minimum atomic E-state index is 0.173. The Morgan fingerprint density at radius 2 is 2.05 bits per heavy atom. The molecule has 2 nitrogen and oxygen atoms in total. The first-order valence-electron chi connectivity index (χ1n) is 7.50. The molecule has 1 aliphatic heterocycles. The normalized spacial score (nSPS) is 24.7. The molecular formula is C17H23NO. The summed E-state index contributed by atoms with van der Waals surface area (Å²) in [6, 6.07) is 8.51. The van der Waals surface area contributed by atoms with E-state index >= 15 is 0 Å². The highest BCUT2D eigenvalue weighted by Gasteiger charge is 2.27. The SMILES string of the molecule is NC(C1=CCCCCC1)C1COc2ccccc2C1. The monoisotopic (exact) mass is 257 g/mol. The topological polar surface area (TPSA) is 35.2 Å². The quantitative estimate of drug-likeness (QED) is 0.824. The van der Waals surface area contributed by atoms with Crippen LogP contribution in [0.25, 0.3) is 0 Å². The summed E-state index contributed by atoms with van der Waals surface area (Å²) in [5.74, 6) is 1.47. The summed E-state index contributed by atoms with van der Waals surface area (Å²) >= 11 is 0. The van der Waals surface area contributed by atoms with E-state index < -0.39 is 0 Å². The summed E-state index contributed by atoms with van der Waals surface area (Å²) in [6.45, 7) is 0.759. The molecule has 0 aromatic heterocycles. The number of allylic oxidation sites excluding steroid dienone is 1. The first kappa shape index (κ1) is 12.7. The zero-order valence-electron chi connectivity index (χ0n) is 11.5. The lowest BCUT2D eigenvalue weighted by Gasteiger charge is -2.31.